The van der Waals surface area contributed by atoms with Gasteiger partial charge in [-0.25, -0.2) is 8.42 Å². The van der Waals surface area contributed by atoms with Gasteiger partial charge >= 0.3 is 0 Å². The molecule has 0 atom stereocenters. The molecule has 0 radical (unpaired) electrons. The Bertz CT molecular complexity index is 719. The van der Waals surface area contributed by atoms with E-state index >= 15 is 0 Å². The van der Waals surface area contributed by atoms with Gasteiger partial charge in [-0.05, 0) is 18.6 Å². The number of ether oxygens (including phenoxy) is 1. The maximum atomic E-state index is 12.3. The lowest BCUT2D eigenvalue weighted by Crippen LogP contribution is -2.49. The number of carbonyl (C=O) groups excluding carboxylic acids is 1. The van der Waals surface area contributed by atoms with E-state index in [1.807, 2.05) is 4.90 Å². The second-order valence-electron chi connectivity index (χ2n) is 6.36. The SMILES string of the molecule is CS(=O)(=O)CCN1CCN(C(=O)CCCOc2cccc(Cl)c2Cl)CC1. The Morgan fingerprint density at radius 1 is 1.19 bits per heavy atom. The fraction of sp³-hybridized carbons (Fsp3) is 0.588. The van der Waals surface area contributed by atoms with Gasteiger partial charge in [0, 0.05) is 45.4 Å². The highest BCUT2D eigenvalue weighted by Crippen LogP contribution is 2.31. The van der Waals surface area contributed by atoms with Crippen LogP contribution in [0.5, 0.6) is 5.75 Å². The first-order valence-electron chi connectivity index (χ1n) is 8.51. The van der Waals surface area contributed by atoms with Crippen molar-refractivity contribution in [1.29, 1.82) is 0 Å². The maximum Gasteiger partial charge on any atom is 0.222 e. The summed E-state index contributed by atoms with van der Waals surface area (Å²) in [6, 6.07) is 5.19. The molecule has 1 aromatic rings. The first kappa shape index (κ1) is 21.3. The number of hydrogen-bond acceptors (Lipinski definition) is 5. The molecule has 0 spiro atoms. The Labute approximate surface area is 164 Å². The number of nitrogens with zero attached hydrogens (tertiary/aromatic N) is 2. The van der Waals surface area contributed by atoms with E-state index in [2.05, 4.69) is 4.90 Å². The number of sulfone groups is 1. The Morgan fingerprint density at radius 2 is 1.88 bits per heavy atom. The number of amides is 1. The molecule has 26 heavy (non-hydrogen) atoms. The number of hydrogen-bond donors (Lipinski definition) is 0. The molecule has 0 saturated carbocycles. The van der Waals surface area contributed by atoms with Gasteiger partial charge in [-0.3, -0.25) is 9.69 Å². The predicted octanol–water partition coefficient (Wildman–Crippen LogP) is 2.34. The van der Waals surface area contributed by atoms with Crippen LogP contribution in [0.25, 0.3) is 0 Å². The molecule has 0 aromatic heterocycles. The van der Waals surface area contributed by atoms with Crippen LogP contribution < -0.4 is 4.74 Å². The monoisotopic (exact) mass is 422 g/mol. The molecule has 1 fully saturated rings. The van der Waals surface area contributed by atoms with Crippen molar-refractivity contribution >= 4 is 38.9 Å². The highest BCUT2D eigenvalue weighted by molar-refractivity contribution is 7.90. The van der Waals surface area contributed by atoms with Gasteiger partial charge in [-0.1, -0.05) is 29.3 Å². The molecule has 1 saturated heterocycles. The summed E-state index contributed by atoms with van der Waals surface area (Å²) in [6.45, 7) is 3.58. The Kier molecular flexibility index (Phi) is 8.01. The van der Waals surface area contributed by atoms with Gasteiger partial charge in [0.15, 0.2) is 0 Å². The van der Waals surface area contributed by atoms with E-state index in [0.717, 1.165) is 0 Å². The largest absolute Gasteiger partial charge is 0.492 e. The van der Waals surface area contributed by atoms with Crippen LogP contribution in [-0.4, -0.2) is 75.5 Å². The number of benzene rings is 1. The second-order valence-corrected chi connectivity index (χ2v) is 9.40. The van der Waals surface area contributed by atoms with Crippen molar-refractivity contribution in [1.82, 2.24) is 9.80 Å². The smallest absolute Gasteiger partial charge is 0.222 e. The van der Waals surface area contributed by atoms with Gasteiger partial charge in [0.05, 0.1) is 17.4 Å². The molecule has 1 aromatic carbocycles. The van der Waals surface area contributed by atoms with Crippen molar-refractivity contribution < 1.29 is 17.9 Å². The summed E-state index contributed by atoms with van der Waals surface area (Å²) in [5.74, 6) is 0.768. The zero-order valence-electron chi connectivity index (χ0n) is 14.8. The molecule has 1 heterocycles. The number of rotatable bonds is 8. The van der Waals surface area contributed by atoms with Crippen molar-refractivity contribution in [2.45, 2.75) is 12.8 Å². The third-order valence-corrected chi connectivity index (χ3v) is 5.94. The summed E-state index contributed by atoms with van der Waals surface area (Å²) in [5, 5.41) is 0.819. The van der Waals surface area contributed by atoms with Crippen LogP contribution in [0.3, 0.4) is 0 Å². The first-order valence-corrected chi connectivity index (χ1v) is 11.3. The first-order chi connectivity index (χ1) is 12.3. The third kappa shape index (κ3) is 6.95. The molecule has 0 bridgehead atoms. The molecule has 1 aliphatic rings. The van der Waals surface area contributed by atoms with E-state index in [1.54, 1.807) is 18.2 Å². The summed E-state index contributed by atoms with van der Waals surface area (Å²) in [4.78, 5) is 16.2. The third-order valence-electron chi connectivity index (χ3n) is 4.21. The van der Waals surface area contributed by atoms with E-state index < -0.39 is 9.84 Å². The van der Waals surface area contributed by atoms with E-state index in [9.17, 15) is 13.2 Å². The molecule has 1 amide bonds. The Balaban J connectivity index is 1.65. The van der Waals surface area contributed by atoms with E-state index in [4.69, 9.17) is 27.9 Å². The van der Waals surface area contributed by atoms with Crippen LogP contribution in [0.2, 0.25) is 10.0 Å². The van der Waals surface area contributed by atoms with E-state index in [-0.39, 0.29) is 11.7 Å². The van der Waals surface area contributed by atoms with Gasteiger partial charge in [-0.2, -0.15) is 0 Å². The quantitative estimate of drug-likeness (QED) is 0.601. The molecular formula is C17H24Cl2N2O4S. The molecule has 9 heteroatoms. The standard InChI is InChI=1S/C17H24Cl2N2O4S/c1-26(23,24)13-11-20-7-9-21(10-8-20)16(22)6-3-12-25-15-5-2-4-14(18)17(15)19/h2,4-5H,3,6-13H2,1H3. The van der Waals surface area contributed by atoms with Crippen molar-refractivity contribution in [2.24, 2.45) is 0 Å². The molecule has 6 nitrogen and oxygen atoms in total. The Hall–Kier alpha value is -1.02. The highest BCUT2D eigenvalue weighted by Gasteiger charge is 2.21. The topological polar surface area (TPSA) is 66.9 Å². The van der Waals surface area contributed by atoms with Crippen molar-refractivity contribution in [3.05, 3.63) is 28.2 Å². The number of piperazine rings is 1. The molecule has 2 rings (SSSR count). The average molecular weight is 423 g/mol. The normalized spacial score (nSPS) is 15.9. The van der Waals surface area contributed by atoms with Crippen molar-refractivity contribution in [3.63, 3.8) is 0 Å². The second kappa shape index (κ2) is 9.78. The number of halogens is 2. The zero-order valence-corrected chi connectivity index (χ0v) is 17.1. The molecule has 146 valence electrons. The van der Waals surface area contributed by atoms with Crippen molar-refractivity contribution in [2.75, 3.05) is 51.3 Å². The van der Waals surface area contributed by atoms with Gasteiger partial charge in [0.2, 0.25) is 5.91 Å². The summed E-state index contributed by atoms with van der Waals surface area (Å²) < 4.78 is 28.0. The van der Waals surface area contributed by atoms with Crippen LogP contribution in [-0.2, 0) is 14.6 Å². The predicted molar refractivity (Wildman–Crippen MR) is 104 cm³/mol. The molecule has 1 aliphatic heterocycles. The van der Waals surface area contributed by atoms with Crippen LogP contribution in [0.4, 0.5) is 0 Å². The molecule has 0 N–H and O–H groups in total. The van der Waals surface area contributed by atoms with Crippen LogP contribution in [0, 0.1) is 0 Å². The van der Waals surface area contributed by atoms with Crippen LogP contribution in [0.1, 0.15) is 12.8 Å². The zero-order chi connectivity index (χ0) is 19.2. The summed E-state index contributed by atoms with van der Waals surface area (Å²) >= 11 is 12.0. The van der Waals surface area contributed by atoms with Gasteiger partial charge in [-0.15, -0.1) is 0 Å². The lowest BCUT2D eigenvalue weighted by atomic mass is 10.2. The van der Waals surface area contributed by atoms with Crippen LogP contribution >= 0.6 is 23.2 Å². The maximum absolute atomic E-state index is 12.3. The summed E-state index contributed by atoms with van der Waals surface area (Å²) in [6.07, 6.45) is 2.24. The van der Waals surface area contributed by atoms with E-state index in [0.29, 0.717) is 68.0 Å². The molecule has 0 unspecified atom stereocenters. The average Bonchev–Trinajstić information content (AvgIpc) is 2.60. The fourth-order valence-electron chi connectivity index (χ4n) is 2.67. The fourth-order valence-corrected chi connectivity index (χ4v) is 3.61. The minimum absolute atomic E-state index is 0.0913. The molecule has 0 aliphatic carbocycles. The van der Waals surface area contributed by atoms with Gasteiger partial charge < -0.3 is 9.64 Å². The van der Waals surface area contributed by atoms with Crippen molar-refractivity contribution in [3.8, 4) is 5.75 Å². The summed E-state index contributed by atoms with van der Waals surface area (Å²) in [7, 11) is -2.95. The molecular weight excluding hydrogens is 399 g/mol. The highest BCUT2D eigenvalue weighted by atomic mass is 35.5. The number of carbonyl (C=O) groups is 1. The lowest BCUT2D eigenvalue weighted by molar-refractivity contribution is -0.133. The van der Waals surface area contributed by atoms with Gasteiger partial charge in [0.1, 0.15) is 20.6 Å². The lowest BCUT2D eigenvalue weighted by Gasteiger charge is -2.34. The minimum Gasteiger partial charge on any atom is -0.492 e. The van der Waals surface area contributed by atoms with Gasteiger partial charge in [0.25, 0.3) is 0 Å². The minimum atomic E-state index is -2.95. The van der Waals surface area contributed by atoms with E-state index in [1.165, 1.54) is 6.26 Å². The van der Waals surface area contributed by atoms with Crippen LogP contribution in [0.15, 0.2) is 18.2 Å². The Morgan fingerprint density at radius 3 is 2.54 bits per heavy atom. The summed E-state index contributed by atoms with van der Waals surface area (Å²) in [5.41, 5.74) is 0.